The van der Waals surface area contributed by atoms with E-state index in [0.29, 0.717) is 18.1 Å². The number of unbranched alkanes of at least 4 members (excludes halogenated alkanes) is 1. The Morgan fingerprint density at radius 3 is 2.80 bits per heavy atom. The first-order valence-electron chi connectivity index (χ1n) is 9.22. The number of carbonyl (C=O) groups is 1. The lowest BCUT2D eigenvalue weighted by atomic mass is 9.68. The number of aliphatic carboxylic acids is 1. The van der Waals surface area contributed by atoms with Crippen LogP contribution in [0.15, 0.2) is 23.8 Å². The maximum atomic E-state index is 10.7. The number of fused-ring (bicyclic) bond motifs is 3. The number of carboxylic acid groups (broad SMARTS) is 1. The van der Waals surface area contributed by atoms with Crippen LogP contribution in [-0.4, -0.2) is 21.8 Å². The van der Waals surface area contributed by atoms with E-state index in [4.69, 9.17) is 9.84 Å². The number of rotatable bonds is 5. The lowest BCUT2D eigenvalue weighted by Gasteiger charge is -2.46. The Bertz CT molecular complexity index is 702. The molecule has 25 heavy (non-hydrogen) atoms. The molecular formula is C21H28O4. The molecular weight excluding hydrogens is 316 g/mol. The number of ether oxygens (including phenoxy) is 1. The van der Waals surface area contributed by atoms with E-state index in [1.807, 2.05) is 12.1 Å². The lowest BCUT2D eigenvalue weighted by Crippen LogP contribution is -2.45. The number of carboxylic acids is 1. The molecule has 0 radical (unpaired) electrons. The van der Waals surface area contributed by atoms with E-state index in [-0.39, 0.29) is 17.9 Å². The van der Waals surface area contributed by atoms with Crippen molar-refractivity contribution in [3.63, 3.8) is 0 Å². The molecule has 1 aromatic rings. The molecule has 2 N–H and O–H groups in total. The summed E-state index contributed by atoms with van der Waals surface area (Å²) >= 11 is 0. The van der Waals surface area contributed by atoms with Crippen LogP contribution in [-0.2, 0) is 11.2 Å². The largest absolute Gasteiger partial charge is 0.507 e. The van der Waals surface area contributed by atoms with Gasteiger partial charge < -0.3 is 14.9 Å². The first kappa shape index (κ1) is 17.8. The highest BCUT2D eigenvalue weighted by Gasteiger charge is 2.45. The van der Waals surface area contributed by atoms with Crippen molar-refractivity contribution in [2.24, 2.45) is 5.92 Å². The average molecular weight is 344 g/mol. The van der Waals surface area contributed by atoms with Gasteiger partial charge in [-0.2, -0.15) is 0 Å². The Morgan fingerprint density at radius 2 is 2.08 bits per heavy atom. The van der Waals surface area contributed by atoms with Crippen molar-refractivity contribution in [3.05, 3.63) is 34.9 Å². The standard InChI is InChI=1S/C21H28O4/c1-13-8-9-16-15(10-13)20-17(22)11-14(6-4-5-7-19(23)24)12-18(20)25-21(16,2)3/h10-12,15-16,22H,4-9H2,1-3H3,(H,23,24). The van der Waals surface area contributed by atoms with Gasteiger partial charge in [-0.1, -0.05) is 11.6 Å². The Balaban J connectivity index is 1.87. The van der Waals surface area contributed by atoms with Gasteiger partial charge in [0.05, 0.1) is 0 Å². The SMILES string of the molecule is CC1=CC2c3c(O)cc(CCCCC(=O)O)cc3OC(C)(C)C2CC1. The number of allylic oxidation sites excluding steroid dienone is 2. The molecule has 1 aromatic carbocycles. The van der Waals surface area contributed by atoms with E-state index < -0.39 is 5.97 Å². The fourth-order valence-electron chi connectivity index (χ4n) is 4.33. The molecule has 4 heteroatoms. The van der Waals surface area contributed by atoms with E-state index in [9.17, 15) is 9.90 Å². The van der Waals surface area contributed by atoms with Crippen molar-refractivity contribution < 1.29 is 19.7 Å². The van der Waals surface area contributed by atoms with E-state index >= 15 is 0 Å². The van der Waals surface area contributed by atoms with Crippen LogP contribution in [0.25, 0.3) is 0 Å². The fraction of sp³-hybridized carbons (Fsp3) is 0.571. The number of phenolic OH excluding ortho intramolecular Hbond substituents is 1. The molecule has 0 bridgehead atoms. The van der Waals surface area contributed by atoms with Crippen LogP contribution >= 0.6 is 0 Å². The van der Waals surface area contributed by atoms with Crippen LogP contribution in [0.1, 0.15) is 69.9 Å². The van der Waals surface area contributed by atoms with Gasteiger partial charge in [0, 0.05) is 23.8 Å². The van der Waals surface area contributed by atoms with Gasteiger partial charge in [-0.25, -0.2) is 0 Å². The monoisotopic (exact) mass is 344 g/mol. The van der Waals surface area contributed by atoms with Gasteiger partial charge in [0.15, 0.2) is 0 Å². The maximum Gasteiger partial charge on any atom is 0.303 e. The predicted molar refractivity (Wildman–Crippen MR) is 97.2 cm³/mol. The lowest BCUT2D eigenvalue weighted by molar-refractivity contribution is -0.137. The summed E-state index contributed by atoms with van der Waals surface area (Å²) in [6, 6.07) is 3.86. The third-order valence-corrected chi connectivity index (χ3v) is 5.63. The van der Waals surface area contributed by atoms with Gasteiger partial charge >= 0.3 is 5.97 Å². The second kappa shape index (κ2) is 6.74. The number of phenols is 1. The van der Waals surface area contributed by atoms with Crippen molar-refractivity contribution >= 4 is 5.97 Å². The molecule has 3 rings (SSSR count). The summed E-state index contributed by atoms with van der Waals surface area (Å²) in [4.78, 5) is 10.6. The van der Waals surface area contributed by atoms with E-state index in [2.05, 4.69) is 26.8 Å². The quantitative estimate of drug-likeness (QED) is 0.595. The number of aryl methyl sites for hydroxylation is 1. The van der Waals surface area contributed by atoms with Crippen molar-refractivity contribution in [2.45, 2.75) is 70.8 Å². The summed E-state index contributed by atoms with van der Waals surface area (Å²) in [6.45, 7) is 6.43. The Kier molecular flexibility index (Phi) is 4.81. The van der Waals surface area contributed by atoms with Crippen LogP contribution in [0.5, 0.6) is 11.5 Å². The Labute approximate surface area is 149 Å². The Hall–Kier alpha value is -1.97. The second-order valence-electron chi connectivity index (χ2n) is 8.02. The maximum absolute atomic E-state index is 10.7. The molecule has 0 spiro atoms. The summed E-state index contributed by atoms with van der Waals surface area (Å²) in [5.74, 6) is 0.904. The number of hydrogen-bond acceptors (Lipinski definition) is 3. The summed E-state index contributed by atoms with van der Waals surface area (Å²) in [5.41, 5.74) is 3.04. The molecule has 2 unspecified atom stereocenters. The molecule has 0 fully saturated rings. The molecule has 136 valence electrons. The van der Waals surface area contributed by atoms with Gasteiger partial charge in [0.1, 0.15) is 17.1 Å². The Morgan fingerprint density at radius 1 is 1.32 bits per heavy atom. The highest BCUT2D eigenvalue weighted by molar-refractivity contribution is 5.66. The minimum atomic E-state index is -0.760. The highest BCUT2D eigenvalue weighted by Crippen LogP contribution is 2.53. The minimum absolute atomic E-state index is 0.189. The van der Waals surface area contributed by atoms with Crippen LogP contribution in [0.4, 0.5) is 0 Å². The van der Waals surface area contributed by atoms with Gasteiger partial charge in [0.2, 0.25) is 0 Å². The zero-order valence-electron chi connectivity index (χ0n) is 15.3. The normalized spacial score (nSPS) is 23.9. The average Bonchev–Trinajstić information content (AvgIpc) is 2.50. The van der Waals surface area contributed by atoms with E-state index in [1.165, 1.54) is 5.57 Å². The number of benzene rings is 1. The molecule has 2 atom stereocenters. The molecule has 1 aliphatic heterocycles. The van der Waals surface area contributed by atoms with Gasteiger partial charge in [-0.15, -0.1) is 0 Å². The van der Waals surface area contributed by atoms with Gasteiger partial charge in [0.25, 0.3) is 0 Å². The molecule has 0 saturated heterocycles. The fourth-order valence-corrected chi connectivity index (χ4v) is 4.33. The first-order valence-corrected chi connectivity index (χ1v) is 9.22. The van der Waals surface area contributed by atoms with Crippen LogP contribution in [0, 0.1) is 5.92 Å². The van der Waals surface area contributed by atoms with E-state index in [0.717, 1.165) is 42.6 Å². The molecule has 4 nitrogen and oxygen atoms in total. The summed E-state index contributed by atoms with van der Waals surface area (Å²) in [7, 11) is 0. The third-order valence-electron chi connectivity index (χ3n) is 5.63. The van der Waals surface area contributed by atoms with Crippen LogP contribution < -0.4 is 4.74 Å². The summed E-state index contributed by atoms with van der Waals surface area (Å²) in [6.07, 6.45) is 6.84. The van der Waals surface area contributed by atoms with Crippen LogP contribution in [0.3, 0.4) is 0 Å². The number of hydrogen-bond donors (Lipinski definition) is 2. The van der Waals surface area contributed by atoms with Crippen molar-refractivity contribution in [1.82, 2.24) is 0 Å². The van der Waals surface area contributed by atoms with E-state index in [1.54, 1.807) is 0 Å². The highest BCUT2D eigenvalue weighted by atomic mass is 16.5. The van der Waals surface area contributed by atoms with Crippen molar-refractivity contribution in [2.75, 3.05) is 0 Å². The van der Waals surface area contributed by atoms with Gasteiger partial charge in [-0.3, -0.25) is 4.79 Å². The molecule has 0 aromatic heterocycles. The second-order valence-corrected chi connectivity index (χ2v) is 8.02. The molecule has 1 heterocycles. The van der Waals surface area contributed by atoms with Crippen molar-refractivity contribution in [3.8, 4) is 11.5 Å². The topological polar surface area (TPSA) is 66.8 Å². The zero-order chi connectivity index (χ0) is 18.2. The molecule has 0 amide bonds. The molecule has 2 aliphatic rings. The molecule has 0 saturated carbocycles. The van der Waals surface area contributed by atoms with Crippen molar-refractivity contribution in [1.29, 1.82) is 0 Å². The summed E-state index contributed by atoms with van der Waals surface area (Å²) in [5, 5.41) is 19.4. The third kappa shape index (κ3) is 3.68. The van der Waals surface area contributed by atoms with Crippen LogP contribution in [0.2, 0.25) is 0 Å². The molecule has 1 aliphatic carbocycles. The minimum Gasteiger partial charge on any atom is -0.507 e. The predicted octanol–water partition coefficient (Wildman–Crippen LogP) is 4.80. The smallest absolute Gasteiger partial charge is 0.303 e. The van der Waals surface area contributed by atoms with Gasteiger partial charge in [-0.05, 0) is 70.6 Å². The first-order chi connectivity index (χ1) is 11.8. The summed E-state index contributed by atoms with van der Waals surface area (Å²) < 4.78 is 6.31. The number of aromatic hydroxyl groups is 1. The zero-order valence-corrected chi connectivity index (χ0v) is 15.3.